The summed E-state index contributed by atoms with van der Waals surface area (Å²) in [7, 11) is 0. The predicted octanol–water partition coefficient (Wildman–Crippen LogP) is 13.4. The van der Waals surface area contributed by atoms with Gasteiger partial charge in [0.05, 0.1) is 12.0 Å². The van der Waals surface area contributed by atoms with Crippen molar-refractivity contribution in [1.82, 2.24) is 0 Å². The second-order valence-electron chi connectivity index (χ2n) is 15.1. The fourth-order valence-corrected chi connectivity index (χ4v) is 6.83. The lowest BCUT2D eigenvalue weighted by atomic mass is 9.59. The average Bonchev–Trinajstić information content (AvgIpc) is 2.99. The largest absolute Gasteiger partial charge is 0.486 e. The zero-order valence-electron chi connectivity index (χ0n) is 33.5. The summed E-state index contributed by atoms with van der Waals surface area (Å²) in [5.74, 6) is 1.99. The molecule has 0 unspecified atom stereocenters. The highest BCUT2D eigenvalue weighted by atomic mass is 16.5. The Kier molecular flexibility index (Phi) is 18.1. The lowest BCUT2D eigenvalue weighted by Crippen LogP contribution is -2.60. The third-order valence-corrected chi connectivity index (χ3v) is 8.73. The van der Waals surface area contributed by atoms with Crippen molar-refractivity contribution in [3.8, 4) is 11.5 Å². The van der Waals surface area contributed by atoms with Gasteiger partial charge in [-0.05, 0) is 36.6 Å². The molecular formula is C42H74O3. The Balaban J connectivity index is 0. The van der Waals surface area contributed by atoms with Gasteiger partial charge in [-0.15, -0.1) is 0 Å². The fourth-order valence-electron chi connectivity index (χ4n) is 6.83. The fraction of sp³-hybridized carbons (Fsp3) is 0.690. The molecule has 0 fully saturated rings. The molecule has 0 amide bonds. The summed E-state index contributed by atoms with van der Waals surface area (Å²) in [5, 5.41) is 0. The first kappa shape index (κ1) is 44.8. The summed E-state index contributed by atoms with van der Waals surface area (Å²) >= 11 is 0. The van der Waals surface area contributed by atoms with Crippen molar-refractivity contribution in [2.45, 2.75) is 169 Å². The molecule has 3 heteroatoms. The summed E-state index contributed by atoms with van der Waals surface area (Å²) in [6.45, 7) is 42.7. The van der Waals surface area contributed by atoms with E-state index in [2.05, 4.69) is 107 Å². The summed E-state index contributed by atoms with van der Waals surface area (Å²) in [5.41, 5.74) is 1.49. The Hall–Kier alpha value is -2.29. The first-order valence-corrected chi connectivity index (χ1v) is 17.8. The van der Waals surface area contributed by atoms with Crippen molar-refractivity contribution < 1.29 is 14.3 Å². The smallest absolute Gasteiger partial charge is 0.170 e. The van der Waals surface area contributed by atoms with Gasteiger partial charge in [-0.2, -0.15) is 0 Å². The number of fused-ring (bicyclic) bond motifs is 2. The highest BCUT2D eigenvalue weighted by Crippen LogP contribution is 2.53. The second-order valence-corrected chi connectivity index (χ2v) is 15.1. The topological polar surface area (TPSA) is 35.5 Å². The molecule has 0 bridgehead atoms. The molecule has 2 aliphatic rings. The monoisotopic (exact) mass is 627 g/mol. The van der Waals surface area contributed by atoms with Crippen LogP contribution in [-0.4, -0.2) is 17.0 Å². The summed E-state index contributed by atoms with van der Waals surface area (Å²) in [4.78, 5) is 12.5. The molecule has 3 nitrogen and oxygen atoms in total. The van der Waals surface area contributed by atoms with Crippen LogP contribution in [-0.2, 0) is 6.42 Å². The molecule has 2 aromatic carbocycles. The van der Waals surface area contributed by atoms with Crippen LogP contribution >= 0.6 is 0 Å². The zero-order valence-corrected chi connectivity index (χ0v) is 33.5. The number of ketones is 1. The Morgan fingerprint density at radius 2 is 0.867 bits per heavy atom. The van der Waals surface area contributed by atoms with Crippen LogP contribution in [0.3, 0.4) is 0 Å². The molecule has 2 aliphatic heterocycles. The lowest BCUT2D eigenvalue weighted by Gasteiger charge is -2.55. The van der Waals surface area contributed by atoms with Crippen LogP contribution in [0.15, 0.2) is 48.5 Å². The normalized spacial score (nSPS) is 16.0. The van der Waals surface area contributed by atoms with Crippen LogP contribution in [0.2, 0.25) is 0 Å². The van der Waals surface area contributed by atoms with Gasteiger partial charge < -0.3 is 9.47 Å². The lowest BCUT2D eigenvalue weighted by molar-refractivity contribution is -0.127. The average molecular weight is 627 g/mol. The minimum absolute atomic E-state index is 0.103. The molecular weight excluding hydrogens is 552 g/mol. The maximum atomic E-state index is 12.5. The molecule has 45 heavy (non-hydrogen) atoms. The molecule has 0 atom stereocenters. The van der Waals surface area contributed by atoms with Gasteiger partial charge in [0.1, 0.15) is 22.7 Å². The quantitative estimate of drug-likeness (QED) is 0.292. The number of ether oxygens (including phenoxy) is 2. The van der Waals surface area contributed by atoms with Gasteiger partial charge in [-0.3, -0.25) is 4.79 Å². The molecule has 0 saturated heterocycles. The summed E-state index contributed by atoms with van der Waals surface area (Å²) < 4.78 is 12.9. The van der Waals surface area contributed by atoms with Crippen LogP contribution < -0.4 is 9.47 Å². The molecule has 0 N–H and O–H groups in total. The number of carbonyl (C=O) groups is 1. The third-order valence-electron chi connectivity index (χ3n) is 8.73. The maximum Gasteiger partial charge on any atom is 0.170 e. The van der Waals surface area contributed by atoms with Crippen LogP contribution in [0.4, 0.5) is 0 Å². The Morgan fingerprint density at radius 1 is 0.511 bits per heavy atom. The Morgan fingerprint density at radius 3 is 1.29 bits per heavy atom. The zero-order chi connectivity index (χ0) is 36.1. The standard InChI is InChI=1S/C17H24O2.C17H26O.4C2H6/c1-15(2,3)17(16(4,5)6)11-13(18)12-9-7-8-10-14(12)19-17;1-15(2,3)17(16(4,5)6)12-11-13-9-7-8-10-14(13)18-17;4*1-2/h7-10H,11H2,1-6H3;7-10H,11-12H2,1-6H3;4*1-2H3. The number of hydrogen-bond donors (Lipinski definition) is 0. The van der Waals surface area contributed by atoms with Crippen molar-refractivity contribution in [2.24, 2.45) is 21.7 Å². The number of aryl methyl sites for hydroxylation is 1. The molecule has 0 aliphatic carbocycles. The summed E-state index contributed by atoms with van der Waals surface area (Å²) in [6, 6.07) is 16.0. The van der Waals surface area contributed by atoms with Gasteiger partial charge in [-0.25, -0.2) is 0 Å². The number of para-hydroxylation sites is 2. The molecule has 260 valence electrons. The van der Waals surface area contributed by atoms with Crippen LogP contribution in [0.1, 0.15) is 167 Å². The summed E-state index contributed by atoms with van der Waals surface area (Å²) in [6.07, 6.45) is 2.65. The molecule has 0 radical (unpaired) electrons. The van der Waals surface area contributed by atoms with E-state index in [0.29, 0.717) is 12.0 Å². The first-order valence-electron chi connectivity index (χ1n) is 17.8. The van der Waals surface area contributed by atoms with E-state index < -0.39 is 5.60 Å². The third kappa shape index (κ3) is 10.1. The molecule has 0 spiro atoms. The van der Waals surface area contributed by atoms with Crippen LogP contribution in [0.25, 0.3) is 0 Å². The number of benzene rings is 2. The van der Waals surface area contributed by atoms with Gasteiger partial charge in [0.2, 0.25) is 0 Å². The van der Waals surface area contributed by atoms with E-state index in [9.17, 15) is 4.79 Å². The highest BCUT2D eigenvalue weighted by molar-refractivity contribution is 6.00. The van der Waals surface area contributed by atoms with E-state index in [0.717, 1.165) is 24.3 Å². The minimum Gasteiger partial charge on any atom is -0.486 e. The Labute approximate surface area is 281 Å². The van der Waals surface area contributed by atoms with E-state index in [1.54, 1.807) is 0 Å². The minimum atomic E-state index is -0.481. The first-order chi connectivity index (χ1) is 20.8. The van der Waals surface area contributed by atoms with E-state index in [-0.39, 0.29) is 33.0 Å². The highest BCUT2D eigenvalue weighted by Gasteiger charge is 2.56. The van der Waals surface area contributed by atoms with E-state index in [4.69, 9.17) is 9.47 Å². The van der Waals surface area contributed by atoms with Crippen LogP contribution in [0.5, 0.6) is 11.5 Å². The van der Waals surface area contributed by atoms with Crippen molar-refractivity contribution in [3.05, 3.63) is 59.7 Å². The van der Waals surface area contributed by atoms with Crippen molar-refractivity contribution in [1.29, 1.82) is 0 Å². The van der Waals surface area contributed by atoms with Crippen LogP contribution in [0, 0.1) is 21.7 Å². The second kappa shape index (κ2) is 18.2. The molecule has 0 saturated carbocycles. The van der Waals surface area contributed by atoms with E-state index in [1.807, 2.05) is 79.7 Å². The number of rotatable bonds is 0. The van der Waals surface area contributed by atoms with Gasteiger partial charge >= 0.3 is 0 Å². The predicted molar refractivity (Wildman–Crippen MR) is 200 cm³/mol. The number of hydrogen-bond acceptors (Lipinski definition) is 3. The van der Waals surface area contributed by atoms with Crippen molar-refractivity contribution >= 4 is 5.78 Å². The maximum absolute atomic E-state index is 12.5. The van der Waals surface area contributed by atoms with Crippen molar-refractivity contribution in [3.63, 3.8) is 0 Å². The molecule has 4 rings (SSSR count). The van der Waals surface area contributed by atoms with Crippen molar-refractivity contribution in [2.75, 3.05) is 0 Å². The number of Topliss-reactive ketones (excluding diaryl/α,β-unsaturated/α-hetero) is 1. The van der Waals surface area contributed by atoms with Gasteiger partial charge in [0, 0.05) is 21.7 Å². The molecule has 0 aromatic heterocycles. The molecule has 2 aromatic rings. The van der Waals surface area contributed by atoms with E-state index >= 15 is 0 Å². The Bertz CT molecular complexity index is 1090. The van der Waals surface area contributed by atoms with E-state index in [1.165, 1.54) is 5.56 Å². The van der Waals surface area contributed by atoms with Gasteiger partial charge in [-0.1, -0.05) is 169 Å². The molecule has 2 heterocycles. The SMILES string of the molecule is CC.CC.CC.CC.CC(C)(C)C1(C(C)(C)C)CC(=O)c2ccccc2O1.CC(C)(C)C1(C(C)(C)C)CCc2ccccc2O1. The number of carbonyl (C=O) groups excluding carboxylic acids is 1. The van der Waals surface area contributed by atoms with Gasteiger partial charge in [0.25, 0.3) is 0 Å². The van der Waals surface area contributed by atoms with Gasteiger partial charge in [0.15, 0.2) is 5.78 Å².